The van der Waals surface area contributed by atoms with Crippen molar-refractivity contribution in [1.82, 2.24) is 15.0 Å². The number of anilines is 1. The van der Waals surface area contributed by atoms with Crippen molar-refractivity contribution in [3.05, 3.63) is 18.1 Å². The molecule has 33 heavy (non-hydrogen) atoms. The zero-order chi connectivity index (χ0) is 23.2. The van der Waals surface area contributed by atoms with Gasteiger partial charge in [-0.1, -0.05) is 20.3 Å². The van der Waals surface area contributed by atoms with Crippen LogP contribution in [-0.4, -0.2) is 67.1 Å². The van der Waals surface area contributed by atoms with Gasteiger partial charge in [0, 0.05) is 30.2 Å². The second kappa shape index (κ2) is 10.0. The lowest BCUT2D eigenvalue weighted by atomic mass is 9.96. The lowest BCUT2D eigenvalue weighted by Gasteiger charge is -2.21. The number of aliphatic hydroxyl groups excluding tert-OH is 3. The van der Waals surface area contributed by atoms with E-state index in [0.29, 0.717) is 47.3 Å². The summed E-state index contributed by atoms with van der Waals surface area (Å²) in [4.78, 5) is 11.1. The van der Waals surface area contributed by atoms with Gasteiger partial charge in [-0.2, -0.15) is 0 Å². The number of fused-ring (bicyclic) bond motifs is 2. The predicted octanol–water partition coefficient (Wildman–Crippen LogP) is 2.35. The van der Waals surface area contributed by atoms with Gasteiger partial charge >= 0.3 is 0 Å². The Bertz CT molecular complexity index is 941. The molecule has 8 atom stereocenters. The fraction of sp³-hybridized carbons (Fsp3) is 0.739. The molecule has 3 fully saturated rings. The Kier molecular flexibility index (Phi) is 7.93. The number of nitrogens with two attached hydrogens (primary N) is 1. The number of nitrogens with zero attached hydrogens (tertiary/aromatic N) is 2. The molecule has 0 unspecified atom stereocenters. The Morgan fingerprint density at radius 2 is 1.82 bits per heavy atom. The number of aromatic nitrogens is 3. The first-order valence-corrected chi connectivity index (χ1v) is 11.6. The molecule has 1 aliphatic heterocycles. The van der Waals surface area contributed by atoms with Gasteiger partial charge < -0.3 is 35.5 Å². The van der Waals surface area contributed by atoms with Gasteiger partial charge in [0.15, 0.2) is 11.6 Å². The second-order valence-corrected chi connectivity index (χ2v) is 9.94. The van der Waals surface area contributed by atoms with E-state index in [0.717, 1.165) is 5.56 Å². The van der Waals surface area contributed by atoms with Crippen LogP contribution in [0.15, 0.2) is 12.5 Å². The highest BCUT2D eigenvalue weighted by Crippen LogP contribution is 2.45. The van der Waals surface area contributed by atoms with Gasteiger partial charge in [0.25, 0.3) is 0 Å². The summed E-state index contributed by atoms with van der Waals surface area (Å²) in [5.74, 6) is 0.790. The second-order valence-electron chi connectivity index (χ2n) is 9.94. The molecule has 3 heterocycles. The van der Waals surface area contributed by atoms with E-state index in [-0.39, 0.29) is 36.6 Å². The van der Waals surface area contributed by atoms with E-state index in [1.54, 1.807) is 6.20 Å². The van der Waals surface area contributed by atoms with E-state index in [1.165, 1.54) is 19.2 Å². The van der Waals surface area contributed by atoms with Crippen molar-refractivity contribution in [2.45, 2.75) is 83.1 Å². The van der Waals surface area contributed by atoms with Crippen LogP contribution in [0.1, 0.15) is 58.4 Å². The molecular formula is C23H37ClN4O5. The van der Waals surface area contributed by atoms with E-state index in [1.807, 2.05) is 13.8 Å². The maximum atomic E-state index is 10.1. The first-order valence-electron chi connectivity index (χ1n) is 11.6. The standard InChI is InChI=1S/C12H16N4O3.C11H20O2.ClH/c13-12-9-8(15-4-16-12)7(2-14-9)6-1-5(3-17)10(18)11(6)19;1-5-8-6-7(2)9-10(8)13-11(3,4)12-9;/h2,4-6,10-11,14,17-19H,1,3H2,(H2,13,15,16);7-10H,5-6H2,1-4H3;1H/t5-,6+,10-,11+;7-,8+,9+,10-;/m11./s1. The monoisotopic (exact) mass is 484 g/mol. The van der Waals surface area contributed by atoms with Crippen LogP contribution in [0.5, 0.6) is 0 Å². The lowest BCUT2D eigenvalue weighted by molar-refractivity contribution is -0.160. The zero-order valence-electron chi connectivity index (χ0n) is 19.6. The number of nitrogens with one attached hydrogen (secondary N) is 1. The molecule has 2 aliphatic carbocycles. The Morgan fingerprint density at radius 1 is 1.12 bits per heavy atom. The third kappa shape index (κ3) is 4.85. The summed E-state index contributed by atoms with van der Waals surface area (Å²) in [6.07, 6.45) is 4.97. The molecule has 0 spiro atoms. The van der Waals surface area contributed by atoms with Crippen molar-refractivity contribution in [2.75, 3.05) is 12.3 Å². The molecule has 2 saturated carbocycles. The number of H-pyrrole nitrogens is 1. The Morgan fingerprint density at radius 3 is 2.45 bits per heavy atom. The third-order valence-corrected chi connectivity index (χ3v) is 7.35. The van der Waals surface area contributed by atoms with Crippen molar-refractivity contribution in [1.29, 1.82) is 0 Å². The molecule has 9 nitrogen and oxygen atoms in total. The largest absolute Gasteiger partial charge is 0.396 e. The van der Waals surface area contributed by atoms with Crippen LogP contribution in [0.4, 0.5) is 5.82 Å². The minimum absolute atomic E-state index is 0. The van der Waals surface area contributed by atoms with Gasteiger partial charge in [-0.25, -0.2) is 9.97 Å². The van der Waals surface area contributed by atoms with Gasteiger partial charge in [-0.3, -0.25) is 0 Å². The number of aliphatic hydroxyl groups is 3. The van der Waals surface area contributed by atoms with Crippen LogP contribution in [0.25, 0.3) is 11.0 Å². The minimum atomic E-state index is -0.917. The van der Waals surface area contributed by atoms with Gasteiger partial charge in [-0.15, -0.1) is 12.4 Å². The van der Waals surface area contributed by atoms with Gasteiger partial charge in [0.1, 0.15) is 11.8 Å². The number of rotatable bonds is 3. The normalized spacial score (nSPS) is 36.8. The number of hydrogen-bond donors (Lipinski definition) is 5. The summed E-state index contributed by atoms with van der Waals surface area (Å²) < 4.78 is 11.8. The highest BCUT2D eigenvalue weighted by atomic mass is 35.5. The quantitative estimate of drug-likeness (QED) is 0.446. The highest BCUT2D eigenvalue weighted by molar-refractivity contribution is 5.87. The van der Waals surface area contributed by atoms with Crippen molar-refractivity contribution in [3.8, 4) is 0 Å². The zero-order valence-corrected chi connectivity index (χ0v) is 20.5. The average Bonchev–Trinajstić information content (AvgIpc) is 3.47. The lowest BCUT2D eigenvalue weighted by Crippen LogP contribution is -2.28. The minimum Gasteiger partial charge on any atom is -0.396 e. The SMILES string of the molecule is CC[C@H]1C[C@@H](C)[C@@H]2OC(C)(C)O[C@H]12.Cl.Nc1ncnc2c([C@@H]3C[C@H](CO)[C@@H](O)[C@H]3O)c[nH]c12. The smallest absolute Gasteiger partial charge is 0.163 e. The van der Waals surface area contributed by atoms with Crippen molar-refractivity contribution in [3.63, 3.8) is 0 Å². The maximum Gasteiger partial charge on any atom is 0.163 e. The van der Waals surface area contributed by atoms with E-state index in [4.69, 9.17) is 15.2 Å². The predicted molar refractivity (Wildman–Crippen MR) is 127 cm³/mol. The molecule has 5 rings (SSSR count). The molecule has 2 aromatic rings. The van der Waals surface area contributed by atoms with Crippen LogP contribution < -0.4 is 5.73 Å². The fourth-order valence-corrected chi connectivity index (χ4v) is 5.64. The number of aromatic amines is 1. The topological polar surface area (TPSA) is 147 Å². The Balaban J connectivity index is 0.000000192. The molecule has 0 aromatic carbocycles. The number of hydrogen-bond acceptors (Lipinski definition) is 8. The maximum absolute atomic E-state index is 10.1. The van der Waals surface area contributed by atoms with Crippen LogP contribution >= 0.6 is 12.4 Å². The number of halogens is 1. The van der Waals surface area contributed by atoms with E-state index in [2.05, 4.69) is 28.8 Å². The van der Waals surface area contributed by atoms with Gasteiger partial charge in [0.2, 0.25) is 0 Å². The summed E-state index contributed by atoms with van der Waals surface area (Å²) >= 11 is 0. The van der Waals surface area contributed by atoms with Crippen molar-refractivity contribution >= 4 is 29.3 Å². The molecule has 186 valence electrons. The summed E-state index contributed by atoms with van der Waals surface area (Å²) in [7, 11) is 0. The number of nitrogen functional groups attached to an aromatic ring is 1. The van der Waals surface area contributed by atoms with Crippen LogP contribution in [-0.2, 0) is 9.47 Å². The Labute approximate surface area is 200 Å². The first kappa shape index (κ1) is 26.1. The van der Waals surface area contributed by atoms with E-state index < -0.39 is 12.2 Å². The Hall–Kier alpha value is -1.49. The molecule has 0 amide bonds. The van der Waals surface area contributed by atoms with E-state index >= 15 is 0 Å². The third-order valence-electron chi connectivity index (χ3n) is 7.35. The fourth-order valence-electron chi connectivity index (χ4n) is 5.64. The number of ether oxygens (including phenoxy) is 2. The van der Waals surface area contributed by atoms with E-state index in [9.17, 15) is 15.3 Å². The molecule has 0 bridgehead atoms. The molecule has 2 aromatic heterocycles. The molecule has 1 saturated heterocycles. The average molecular weight is 485 g/mol. The van der Waals surface area contributed by atoms with Crippen LogP contribution in [0.2, 0.25) is 0 Å². The van der Waals surface area contributed by atoms with Crippen LogP contribution in [0.3, 0.4) is 0 Å². The van der Waals surface area contributed by atoms with Crippen molar-refractivity contribution in [2.24, 2.45) is 17.8 Å². The molecule has 3 aliphatic rings. The van der Waals surface area contributed by atoms with Gasteiger partial charge in [0.05, 0.1) is 29.9 Å². The molecule has 0 radical (unpaired) electrons. The first-order chi connectivity index (χ1) is 15.2. The van der Waals surface area contributed by atoms with Gasteiger partial charge in [-0.05, 0) is 38.5 Å². The summed E-state index contributed by atoms with van der Waals surface area (Å²) in [5, 5.41) is 29.2. The van der Waals surface area contributed by atoms with Crippen LogP contribution in [0, 0.1) is 17.8 Å². The highest BCUT2D eigenvalue weighted by Gasteiger charge is 2.51. The molecular weight excluding hydrogens is 448 g/mol. The summed E-state index contributed by atoms with van der Waals surface area (Å²) in [5.41, 5.74) is 7.83. The van der Waals surface area contributed by atoms with Crippen molar-refractivity contribution < 1.29 is 24.8 Å². The summed E-state index contributed by atoms with van der Waals surface area (Å²) in [6.45, 7) is 8.41. The molecule has 10 heteroatoms. The summed E-state index contributed by atoms with van der Waals surface area (Å²) in [6, 6.07) is 0. The molecule has 6 N–H and O–H groups in total.